The normalized spacial score (nSPS) is 10.2. The summed E-state index contributed by atoms with van der Waals surface area (Å²) in [6.45, 7) is 0.350. The van der Waals surface area contributed by atoms with Crippen LogP contribution < -0.4 is 15.8 Å². The summed E-state index contributed by atoms with van der Waals surface area (Å²) in [6, 6.07) is 9.39. The molecule has 0 bridgehead atoms. The number of benzene rings is 2. The van der Waals surface area contributed by atoms with Crippen molar-refractivity contribution in [3.05, 3.63) is 47.8 Å². The molecule has 19 heavy (non-hydrogen) atoms. The van der Waals surface area contributed by atoms with E-state index in [-0.39, 0.29) is 11.5 Å². The van der Waals surface area contributed by atoms with Gasteiger partial charge in [0.1, 0.15) is 5.75 Å². The minimum Gasteiger partial charge on any atom is -0.508 e. The summed E-state index contributed by atoms with van der Waals surface area (Å²) in [5.74, 6) is -0.0997. The number of hydrogen-bond acceptors (Lipinski definition) is 4. The van der Waals surface area contributed by atoms with E-state index in [4.69, 9.17) is 10.5 Å². The second-order valence-corrected chi connectivity index (χ2v) is 4.09. The van der Waals surface area contributed by atoms with E-state index >= 15 is 0 Å². The van der Waals surface area contributed by atoms with E-state index in [1.165, 1.54) is 25.3 Å². The van der Waals surface area contributed by atoms with Crippen LogP contribution >= 0.6 is 0 Å². The van der Waals surface area contributed by atoms with Crippen LogP contribution in [0.5, 0.6) is 11.5 Å². The largest absolute Gasteiger partial charge is 0.508 e. The van der Waals surface area contributed by atoms with Crippen LogP contribution in [0, 0.1) is 5.82 Å². The SMILES string of the molecule is COc1ccc(NCc2cc(N)ccc2O)cc1F. The topological polar surface area (TPSA) is 67.5 Å². The lowest BCUT2D eigenvalue weighted by molar-refractivity contribution is 0.386. The molecule has 100 valence electrons. The van der Waals surface area contributed by atoms with Gasteiger partial charge in [-0.15, -0.1) is 0 Å². The molecule has 5 heteroatoms. The minimum absolute atomic E-state index is 0.149. The summed E-state index contributed by atoms with van der Waals surface area (Å²) < 4.78 is 18.3. The summed E-state index contributed by atoms with van der Waals surface area (Å²) in [7, 11) is 1.41. The molecule has 0 atom stereocenters. The Labute approximate surface area is 110 Å². The van der Waals surface area contributed by atoms with Gasteiger partial charge in [-0.25, -0.2) is 4.39 Å². The summed E-state index contributed by atoms with van der Waals surface area (Å²) in [5.41, 5.74) is 7.45. The van der Waals surface area contributed by atoms with Gasteiger partial charge in [-0.1, -0.05) is 0 Å². The van der Waals surface area contributed by atoms with E-state index in [0.717, 1.165) is 0 Å². The first-order valence-electron chi connectivity index (χ1n) is 5.75. The van der Waals surface area contributed by atoms with E-state index in [0.29, 0.717) is 23.5 Å². The molecule has 0 saturated heterocycles. The Balaban J connectivity index is 2.10. The number of ether oxygens (including phenoxy) is 1. The number of halogens is 1. The second kappa shape index (κ2) is 5.48. The lowest BCUT2D eigenvalue weighted by Crippen LogP contribution is -2.01. The molecule has 0 aliphatic rings. The third-order valence-corrected chi connectivity index (χ3v) is 2.74. The van der Waals surface area contributed by atoms with Crippen LogP contribution in [0.3, 0.4) is 0 Å². The average molecular weight is 262 g/mol. The van der Waals surface area contributed by atoms with Crippen LogP contribution in [-0.4, -0.2) is 12.2 Å². The zero-order valence-electron chi connectivity index (χ0n) is 10.5. The van der Waals surface area contributed by atoms with Crippen molar-refractivity contribution in [1.82, 2.24) is 0 Å². The molecule has 0 amide bonds. The highest BCUT2D eigenvalue weighted by molar-refractivity contribution is 5.51. The molecule has 2 rings (SSSR count). The molecular weight excluding hydrogens is 247 g/mol. The Morgan fingerprint density at radius 3 is 2.74 bits per heavy atom. The summed E-state index contributed by atoms with van der Waals surface area (Å²) in [4.78, 5) is 0. The van der Waals surface area contributed by atoms with Gasteiger partial charge in [0.05, 0.1) is 7.11 Å². The first-order chi connectivity index (χ1) is 9.10. The third kappa shape index (κ3) is 3.07. The number of phenolic OH excluding ortho intramolecular Hbond substituents is 1. The zero-order chi connectivity index (χ0) is 13.8. The Bertz CT molecular complexity index is 588. The van der Waals surface area contributed by atoms with Crippen LogP contribution in [0.2, 0.25) is 0 Å². The number of anilines is 2. The van der Waals surface area contributed by atoms with E-state index in [9.17, 15) is 9.50 Å². The van der Waals surface area contributed by atoms with Crippen LogP contribution in [0.15, 0.2) is 36.4 Å². The fraction of sp³-hybridized carbons (Fsp3) is 0.143. The number of nitrogen functional groups attached to an aromatic ring is 1. The minimum atomic E-state index is -0.440. The molecule has 0 aromatic heterocycles. The van der Waals surface area contributed by atoms with Crippen molar-refractivity contribution in [2.45, 2.75) is 6.54 Å². The smallest absolute Gasteiger partial charge is 0.167 e. The van der Waals surface area contributed by atoms with Crippen molar-refractivity contribution in [2.75, 3.05) is 18.2 Å². The van der Waals surface area contributed by atoms with Gasteiger partial charge in [-0.05, 0) is 30.3 Å². The van der Waals surface area contributed by atoms with Gasteiger partial charge in [0.15, 0.2) is 11.6 Å². The van der Waals surface area contributed by atoms with Crippen LogP contribution in [0.4, 0.5) is 15.8 Å². The standard InChI is InChI=1S/C14H15FN2O2/c1-19-14-5-3-11(7-12(14)15)17-8-9-6-10(16)2-4-13(9)18/h2-7,17-18H,8,16H2,1H3. The molecule has 0 spiro atoms. The van der Waals surface area contributed by atoms with Gasteiger partial charge in [0.2, 0.25) is 0 Å². The number of aromatic hydroxyl groups is 1. The summed E-state index contributed by atoms with van der Waals surface area (Å²) in [6.07, 6.45) is 0. The van der Waals surface area contributed by atoms with Crippen molar-refractivity contribution in [3.8, 4) is 11.5 Å². The molecule has 2 aromatic rings. The van der Waals surface area contributed by atoms with Crippen molar-refractivity contribution in [1.29, 1.82) is 0 Å². The molecule has 0 saturated carbocycles. The quantitative estimate of drug-likeness (QED) is 0.585. The van der Waals surface area contributed by atoms with Crippen LogP contribution in [-0.2, 0) is 6.54 Å². The van der Waals surface area contributed by atoms with Crippen molar-refractivity contribution >= 4 is 11.4 Å². The molecule has 4 N–H and O–H groups in total. The highest BCUT2D eigenvalue weighted by Gasteiger charge is 2.05. The maximum Gasteiger partial charge on any atom is 0.167 e. The van der Waals surface area contributed by atoms with Crippen molar-refractivity contribution in [3.63, 3.8) is 0 Å². The van der Waals surface area contributed by atoms with E-state index in [1.807, 2.05) is 0 Å². The second-order valence-electron chi connectivity index (χ2n) is 4.09. The zero-order valence-corrected chi connectivity index (χ0v) is 10.5. The molecule has 0 aliphatic carbocycles. The maximum atomic E-state index is 13.5. The average Bonchev–Trinajstić information content (AvgIpc) is 2.40. The van der Waals surface area contributed by atoms with Crippen molar-refractivity contribution < 1.29 is 14.2 Å². The van der Waals surface area contributed by atoms with Gasteiger partial charge in [-0.2, -0.15) is 0 Å². The highest BCUT2D eigenvalue weighted by atomic mass is 19.1. The van der Waals surface area contributed by atoms with Crippen molar-refractivity contribution in [2.24, 2.45) is 0 Å². The lowest BCUT2D eigenvalue weighted by Gasteiger charge is -2.10. The fourth-order valence-electron chi connectivity index (χ4n) is 1.72. The predicted molar refractivity (Wildman–Crippen MR) is 72.8 cm³/mol. The van der Waals surface area contributed by atoms with E-state index < -0.39 is 5.82 Å². The Morgan fingerprint density at radius 2 is 2.05 bits per heavy atom. The molecule has 0 fully saturated rings. The number of phenols is 1. The number of nitrogens with two attached hydrogens (primary N) is 1. The number of methoxy groups -OCH3 is 1. The molecule has 0 heterocycles. The molecule has 0 radical (unpaired) electrons. The molecular formula is C14H15FN2O2. The van der Waals surface area contributed by atoms with Gasteiger partial charge < -0.3 is 20.9 Å². The van der Waals surface area contributed by atoms with Crippen LogP contribution in [0.25, 0.3) is 0 Å². The first-order valence-corrected chi connectivity index (χ1v) is 5.75. The maximum absolute atomic E-state index is 13.5. The number of hydrogen-bond donors (Lipinski definition) is 3. The van der Waals surface area contributed by atoms with Gasteiger partial charge in [0.25, 0.3) is 0 Å². The third-order valence-electron chi connectivity index (χ3n) is 2.74. The molecule has 4 nitrogen and oxygen atoms in total. The monoisotopic (exact) mass is 262 g/mol. The molecule has 0 aliphatic heterocycles. The Kier molecular flexibility index (Phi) is 3.75. The van der Waals surface area contributed by atoms with Gasteiger partial charge in [-0.3, -0.25) is 0 Å². The Morgan fingerprint density at radius 1 is 1.26 bits per heavy atom. The Hall–Kier alpha value is -2.43. The van der Waals surface area contributed by atoms with Crippen LogP contribution in [0.1, 0.15) is 5.56 Å². The molecule has 2 aromatic carbocycles. The highest BCUT2D eigenvalue weighted by Crippen LogP contribution is 2.23. The number of rotatable bonds is 4. The van der Waals surface area contributed by atoms with E-state index in [2.05, 4.69) is 5.32 Å². The summed E-state index contributed by atoms with van der Waals surface area (Å²) in [5, 5.41) is 12.7. The van der Waals surface area contributed by atoms with Gasteiger partial charge >= 0.3 is 0 Å². The lowest BCUT2D eigenvalue weighted by atomic mass is 10.1. The van der Waals surface area contributed by atoms with Gasteiger partial charge in [0, 0.05) is 29.5 Å². The predicted octanol–water partition coefficient (Wildman–Crippen LogP) is 2.73. The fourth-order valence-corrected chi connectivity index (χ4v) is 1.72. The summed E-state index contributed by atoms with van der Waals surface area (Å²) >= 11 is 0. The van der Waals surface area contributed by atoms with E-state index in [1.54, 1.807) is 18.2 Å². The first kappa shape index (κ1) is 13.0. The number of nitrogens with one attached hydrogen (secondary N) is 1. The molecule has 0 unspecified atom stereocenters.